The normalized spacial score (nSPS) is 16.7. The molecule has 1 aliphatic rings. The van der Waals surface area contributed by atoms with Crippen molar-refractivity contribution in [2.24, 2.45) is 11.7 Å². The highest BCUT2D eigenvalue weighted by Crippen LogP contribution is 2.32. The van der Waals surface area contributed by atoms with Crippen LogP contribution in [0.5, 0.6) is 0 Å². The molecule has 0 radical (unpaired) electrons. The first-order chi connectivity index (χ1) is 10.9. The Hall–Kier alpha value is -1.85. The largest absolute Gasteiger partial charge is 0.366 e. The van der Waals surface area contributed by atoms with Crippen molar-refractivity contribution in [3.8, 4) is 0 Å². The molecule has 2 amide bonds. The van der Waals surface area contributed by atoms with Crippen LogP contribution < -0.4 is 11.1 Å². The highest BCUT2D eigenvalue weighted by atomic mass is 35.5. The van der Waals surface area contributed by atoms with Crippen LogP contribution in [0.3, 0.4) is 0 Å². The number of amides is 2. The van der Waals surface area contributed by atoms with Gasteiger partial charge in [-0.3, -0.25) is 9.59 Å². The van der Waals surface area contributed by atoms with Crippen LogP contribution in [0.1, 0.15) is 43.8 Å². The molecule has 0 bridgehead atoms. The van der Waals surface area contributed by atoms with Gasteiger partial charge in [0, 0.05) is 10.6 Å². The molecule has 1 atom stereocenters. The number of carbonyl (C=O) groups is 2. The van der Waals surface area contributed by atoms with E-state index in [-0.39, 0.29) is 16.5 Å². The van der Waals surface area contributed by atoms with Gasteiger partial charge in [-0.25, -0.2) is 0 Å². The standard InChI is InChI=1S/C17H17ClN2O2S/c1-9-2-5-14-10(6-9)7-15(23-14)17(22)20-11-3-4-13(18)12(8-11)16(19)21/h3-4,7-9H,2,5-6H2,1H3,(H2,19,21)(H,20,22). The molecule has 0 spiro atoms. The van der Waals surface area contributed by atoms with Gasteiger partial charge in [-0.2, -0.15) is 0 Å². The molecular formula is C17H17ClN2O2S. The summed E-state index contributed by atoms with van der Waals surface area (Å²) in [5, 5.41) is 3.08. The lowest BCUT2D eigenvalue weighted by Gasteiger charge is -2.16. The van der Waals surface area contributed by atoms with E-state index in [1.165, 1.54) is 22.9 Å². The first-order valence-corrected chi connectivity index (χ1v) is 8.65. The van der Waals surface area contributed by atoms with Crippen LogP contribution in [0.15, 0.2) is 24.3 Å². The summed E-state index contributed by atoms with van der Waals surface area (Å²) in [6.07, 6.45) is 3.25. The number of aryl methyl sites for hydroxylation is 1. The number of rotatable bonds is 3. The van der Waals surface area contributed by atoms with Crippen molar-refractivity contribution in [2.45, 2.75) is 26.2 Å². The van der Waals surface area contributed by atoms with Crippen LogP contribution in [0.2, 0.25) is 5.02 Å². The van der Waals surface area contributed by atoms with Gasteiger partial charge >= 0.3 is 0 Å². The smallest absolute Gasteiger partial charge is 0.265 e. The zero-order chi connectivity index (χ0) is 16.6. The predicted molar refractivity (Wildman–Crippen MR) is 93.4 cm³/mol. The Labute approximate surface area is 143 Å². The molecule has 1 aromatic heterocycles. The number of carbonyl (C=O) groups excluding carboxylic acids is 2. The van der Waals surface area contributed by atoms with E-state index in [1.54, 1.807) is 23.5 Å². The molecule has 6 heteroatoms. The molecule has 120 valence electrons. The van der Waals surface area contributed by atoms with Gasteiger partial charge < -0.3 is 11.1 Å². The molecule has 23 heavy (non-hydrogen) atoms. The van der Waals surface area contributed by atoms with Crippen molar-refractivity contribution in [1.82, 2.24) is 0 Å². The molecule has 0 fully saturated rings. The molecule has 2 aromatic rings. The number of nitrogens with two attached hydrogens (primary N) is 1. The van der Waals surface area contributed by atoms with Gasteiger partial charge in [0.1, 0.15) is 0 Å². The monoisotopic (exact) mass is 348 g/mol. The van der Waals surface area contributed by atoms with Crippen molar-refractivity contribution in [2.75, 3.05) is 5.32 Å². The second-order valence-corrected chi connectivity index (χ2v) is 7.46. The van der Waals surface area contributed by atoms with E-state index in [1.807, 2.05) is 6.07 Å². The highest BCUT2D eigenvalue weighted by Gasteiger charge is 2.21. The Bertz CT molecular complexity index is 785. The molecule has 0 saturated heterocycles. The summed E-state index contributed by atoms with van der Waals surface area (Å²) >= 11 is 7.46. The maximum atomic E-state index is 12.4. The molecule has 0 saturated carbocycles. The lowest BCUT2D eigenvalue weighted by atomic mass is 9.90. The topological polar surface area (TPSA) is 72.2 Å². The van der Waals surface area contributed by atoms with Crippen molar-refractivity contribution < 1.29 is 9.59 Å². The maximum Gasteiger partial charge on any atom is 0.265 e. The lowest BCUT2D eigenvalue weighted by Crippen LogP contribution is -2.14. The number of thiophene rings is 1. The van der Waals surface area contributed by atoms with Gasteiger partial charge in [-0.05, 0) is 55.0 Å². The second kappa shape index (κ2) is 6.34. The molecule has 3 N–H and O–H groups in total. The fourth-order valence-electron chi connectivity index (χ4n) is 2.80. The number of halogens is 1. The predicted octanol–water partition coefficient (Wildman–Crippen LogP) is 3.88. The van der Waals surface area contributed by atoms with Crippen molar-refractivity contribution >= 4 is 40.4 Å². The van der Waals surface area contributed by atoms with Crippen LogP contribution >= 0.6 is 22.9 Å². The Kier molecular flexibility index (Phi) is 4.41. The Morgan fingerprint density at radius 1 is 1.35 bits per heavy atom. The summed E-state index contributed by atoms with van der Waals surface area (Å²) in [4.78, 5) is 25.8. The van der Waals surface area contributed by atoms with E-state index in [4.69, 9.17) is 17.3 Å². The molecular weight excluding hydrogens is 332 g/mol. The fraction of sp³-hybridized carbons (Fsp3) is 0.294. The molecule has 1 unspecified atom stereocenters. The molecule has 0 aliphatic heterocycles. The van der Waals surface area contributed by atoms with Crippen LogP contribution in [-0.4, -0.2) is 11.8 Å². The summed E-state index contributed by atoms with van der Waals surface area (Å²) in [5.74, 6) is -0.121. The van der Waals surface area contributed by atoms with E-state index in [0.29, 0.717) is 16.5 Å². The third kappa shape index (κ3) is 3.41. The van der Waals surface area contributed by atoms with Gasteiger partial charge in [0.2, 0.25) is 5.91 Å². The average molecular weight is 349 g/mol. The van der Waals surface area contributed by atoms with Crippen molar-refractivity contribution in [3.63, 3.8) is 0 Å². The molecule has 4 nitrogen and oxygen atoms in total. The van der Waals surface area contributed by atoms with E-state index in [0.717, 1.165) is 12.8 Å². The fourth-order valence-corrected chi connectivity index (χ4v) is 4.12. The van der Waals surface area contributed by atoms with Gasteiger partial charge in [0.25, 0.3) is 5.91 Å². The van der Waals surface area contributed by atoms with Crippen molar-refractivity contribution in [3.05, 3.63) is 50.2 Å². The van der Waals surface area contributed by atoms with Crippen LogP contribution in [0.25, 0.3) is 0 Å². The number of nitrogens with one attached hydrogen (secondary N) is 1. The van der Waals surface area contributed by atoms with E-state index in [9.17, 15) is 9.59 Å². The van der Waals surface area contributed by atoms with Crippen LogP contribution in [-0.2, 0) is 12.8 Å². The molecule has 3 rings (SSSR count). The van der Waals surface area contributed by atoms with Crippen molar-refractivity contribution in [1.29, 1.82) is 0 Å². The number of benzene rings is 1. The Morgan fingerprint density at radius 3 is 2.87 bits per heavy atom. The van der Waals surface area contributed by atoms with Gasteiger partial charge in [-0.15, -0.1) is 11.3 Å². The van der Waals surface area contributed by atoms with E-state index in [2.05, 4.69) is 12.2 Å². The van der Waals surface area contributed by atoms with Gasteiger partial charge in [0.05, 0.1) is 15.5 Å². The number of anilines is 1. The zero-order valence-electron chi connectivity index (χ0n) is 12.7. The lowest BCUT2D eigenvalue weighted by molar-refractivity contribution is 0.0996. The molecule has 1 aliphatic carbocycles. The van der Waals surface area contributed by atoms with Crippen LogP contribution in [0, 0.1) is 5.92 Å². The summed E-state index contributed by atoms with van der Waals surface area (Å²) < 4.78 is 0. The molecule has 1 heterocycles. The summed E-state index contributed by atoms with van der Waals surface area (Å²) in [7, 11) is 0. The minimum atomic E-state index is -0.619. The van der Waals surface area contributed by atoms with Gasteiger partial charge in [-0.1, -0.05) is 18.5 Å². The second-order valence-electron chi connectivity index (χ2n) is 5.92. The first kappa shape index (κ1) is 16.0. The van der Waals surface area contributed by atoms with E-state index >= 15 is 0 Å². The zero-order valence-corrected chi connectivity index (χ0v) is 14.3. The van der Waals surface area contributed by atoms with E-state index < -0.39 is 5.91 Å². The summed E-state index contributed by atoms with van der Waals surface area (Å²) in [5.41, 5.74) is 7.26. The van der Waals surface area contributed by atoms with Gasteiger partial charge in [0.15, 0.2) is 0 Å². The first-order valence-electron chi connectivity index (χ1n) is 7.46. The molecule has 1 aromatic carbocycles. The third-order valence-corrected chi connectivity index (χ3v) is 5.61. The quantitative estimate of drug-likeness (QED) is 0.883. The minimum Gasteiger partial charge on any atom is -0.366 e. The Morgan fingerprint density at radius 2 is 2.13 bits per heavy atom. The number of hydrogen-bond donors (Lipinski definition) is 2. The highest BCUT2D eigenvalue weighted by molar-refractivity contribution is 7.14. The SMILES string of the molecule is CC1CCc2sc(C(=O)Nc3ccc(Cl)c(C(N)=O)c3)cc2C1. The maximum absolute atomic E-state index is 12.4. The average Bonchev–Trinajstić information content (AvgIpc) is 2.92. The Balaban J connectivity index is 1.80. The van der Waals surface area contributed by atoms with Crippen LogP contribution in [0.4, 0.5) is 5.69 Å². The minimum absolute atomic E-state index is 0.171. The number of fused-ring (bicyclic) bond motifs is 1. The third-order valence-electron chi connectivity index (χ3n) is 4.04. The summed E-state index contributed by atoms with van der Waals surface area (Å²) in [6, 6.07) is 6.69. The summed E-state index contributed by atoms with van der Waals surface area (Å²) in [6.45, 7) is 2.24. The number of primary amides is 1. The number of hydrogen-bond acceptors (Lipinski definition) is 3.